The Labute approximate surface area is 76.8 Å². The van der Waals surface area contributed by atoms with Crippen molar-refractivity contribution in [3.05, 3.63) is 47.8 Å². The maximum absolute atomic E-state index is 12.6. The molecule has 0 aromatic heterocycles. The summed E-state index contributed by atoms with van der Waals surface area (Å²) in [5.74, 6) is -0.199. The van der Waals surface area contributed by atoms with E-state index in [-0.39, 0.29) is 11.9 Å². The Morgan fingerprint density at radius 3 is 2.54 bits per heavy atom. The van der Waals surface area contributed by atoms with E-state index >= 15 is 0 Å². The van der Waals surface area contributed by atoms with Crippen LogP contribution < -0.4 is 0 Å². The van der Waals surface area contributed by atoms with Gasteiger partial charge in [-0.05, 0) is 24.1 Å². The Morgan fingerprint density at radius 2 is 1.92 bits per heavy atom. The van der Waals surface area contributed by atoms with Crippen LogP contribution in [-0.4, -0.2) is 6.61 Å². The van der Waals surface area contributed by atoms with Crippen molar-refractivity contribution in [2.24, 2.45) is 0 Å². The largest absolute Gasteiger partial charge is 0.369 e. The molecule has 1 aromatic rings. The molecule has 1 unspecified atom stereocenters. The highest BCUT2D eigenvalue weighted by Crippen LogP contribution is 2.24. The lowest BCUT2D eigenvalue weighted by atomic mass is 10.1. The van der Waals surface area contributed by atoms with E-state index in [4.69, 9.17) is 4.74 Å². The second-order valence-electron chi connectivity index (χ2n) is 3.08. The van der Waals surface area contributed by atoms with Gasteiger partial charge in [0.05, 0.1) is 12.7 Å². The predicted molar refractivity (Wildman–Crippen MR) is 48.9 cm³/mol. The van der Waals surface area contributed by atoms with Gasteiger partial charge in [-0.25, -0.2) is 4.39 Å². The van der Waals surface area contributed by atoms with Crippen molar-refractivity contribution < 1.29 is 9.13 Å². The van der Waals surface area contributed by atoms with Crippen molar-refractivity contribution in [1.29, 1.82) is 0 Å². The highest BCUT2D eigenvalue weighted by molar-refractivity contribution is 5.20. The highest BCUT2D eigenvalue weighted by atomic mass is 19.1. The summed E-state index contributed by atoms with van der Waals surface area (Å²) in [7, 11) is 0. The fraction of sp³-hybridized carbons (Fsp3) is 0.273. The zero-order valence-electron chi connectivity index (χ0n) is 7.24. The molecule has 1 nitrogen and oxygen atoms in total. The average molecular weight is 178 g/mol. The molecule has 1 atom stereocenters. The third kappa shape index (κ3) is 1.95. The third-order valence-electron chi connectivity index (χ3n) is 2.15. The summed E-state index contributed by atoms with van der Waals surface area (Å²) < 4.78 is 18.1. The quantitative estimate of drug-likeness (QED) is 0.601. The van der Waals surface area contributed by atoms with Crippen molar-refractivity contribution >= 4 is 0 Å². The Hall–Kier alpha value is -1.15. The van der Waals surface area contributed by atoms with Gasteiger partial charge in [0.25, 0.3) is 0 Å². The first-order valence-electron chi connectivity index (χ1n) is 4.38. The van der Waals surface area contributed by atoms with Gasteiger partial charge in [0.15, 0.2) is 0 Å². The van der Waals surface area contributed by atoms with E-state index < -0.39 is 0 Å². The molecule has 0 saturated heterocycles. The van der Waals surface area contributed by atoms with E-state index in [1.54, 1.807) is 12.1 Å². The number of rotatable bonds is 1. The molecule has 2 rings (SSSR count). The zero-order chi connectivity index (χ0) is 9.10. The first-order valence-corrected chi connectivity index (χ1v) is 4.38. The SMILES string of the molecule is Fc1ccc(C2CC=CCO2)cc1. The lowest BCUT2D eigenvalue weighted by molar-refractivity contribution is 0.0677. The van der Waals surface area contributed by atoms with Gasteiger partial charge in [0, 0.05) is 0 Å². The number of hydrogen-bond acceptors (Lipinski definition) is 1. The van der Waals surface area contributed by atoms with Crippen LogP contribution in [0.5, 0.6) is 0 Å². The van der Waals surface area contributed by atoms with Gasteiger partial charge in [-0.3, -0.25) is 0 Å². The molecule has 0 amide bonds. The van der Waals surface area contributed by atoms with Crippen LogP contribution in [-0.2, 0) is 4.74 Å². The summed E-state index contributed by atoms with van der Waals surface area (Å²) in [4.78, 5) is 0. The summed E-state index contributed by atoms with van der Waals surface area (Å²) in [5, 5.41) is 0. The lowest BCUT2D eigenvalue weighted by Gasteiger charge is -2.18. The minimum absolute atomic E-state index is 0.102. The monoisotopic (exact) mass is 178 g/mol. The van der Waals surface area contributed by atoms with Crippen LogP contribution in [0.4, 0.5) is 4.39 Å². The minimum atomic E-state index is -0.199. The summed E-state index contributed by atoms with van der Waals surface area (Å²) in [6.07, 6.45) is 5.08. The Morgan fingerprint density at radius 1 is 1.15 bits per heavy atom. The van der Waals surface area contributed by atoms with E-state index in [9.17, 15) is 4.39 Å². The number of halogens is 1. The predicted octanol–water partition coefficient (Wildman–Crippen LogP) is 2.84. The Bertz CT molecular complexity index is 302. The van der Waals surface area contributed by atoms with Crippen molar-refractivity contribution in [3.8, 4) is 0 Å². The molecule has 0 saturated carbocycles. The molecule has 68 valence electrons. The van der Waals surface area contributed by atoms with Crippen molar-refractivity contribution in [1.82, 2.24) is 0 Å². The van der Waals surface area contributed by atoms with E-state index in [1.807, 2.05) is 6.08 Å². The molecule has 1 aliphatic rings. The fourth-order valence-corrected chi connectivity index (χ4v) is 1.44. The van der Waals surface area contributed by atoms with E-state index in [0.29, 0.717) is 6.61 Å². The lowest BCUT2D eigenvalue weighted by Crippen LogP contribution is -2.07. The summed E-state index contributed by atoms with van der Waals surface area (Å²) >= 11 is 0. The topological polar surface area (TPSA) is 9.23 Å². The second kappa shape index (κ2) is 3.71. The second-order valence-corrected chi connectivity index (χ2v) is 3.08. The van der Waals surface area contributed by atoms with Gasteiger partial charge in [0.1, 0.15) is 5.82 Å². The zero-order valence-corrected chi connectivity index (χ0v) is 7.24. The number of benzene rings is 1. The molecule has 0 bridgehead atoms. The Kier molecular flexibility index (Phi) is 2.41. The summed E-state index contributed by atoms with van der Waals surface area (Å²) in [6, 6.07) is 6.49. The van der Waals surface area contributed by atoms with Gasteiger partial charge in [-0.15, -0.1) is 0 Å². The molecule has 1 aromatic carbocycles. The van der Waals surface area contributed by atoms with E-state index in [2.05, 4.69) is 6.08 Å². The molecule has 0 spiro atoms. The smallest absolute Gasteiger partial charge is 0.123 e. The fourth-order valence-electron chi connectivity index (χ4n) is 1.44. The molecule has 2 heteroatoms. The van der Waals surface area contributed by atoms with Crippen LogP contribution in [0.2, 0.25) is 0 Å². The minimum Gasteiger partial charge on any atom is -0.369 e. The van der Waals surface area contributed by atoms with Crippen molar-refractivity contribution in [2.75, 3.05) is 6.61 Å². The van der Waals surface area contributed by atoms with E-state index in [1.165, 1.54) is 12.1 Å². The molecular formula is C11H11FO. The van der Waals surface area contributed by atoms with Gasteiger partial charge in [0.2, 0.25) is 0 Å². The molecule has 0 fully saturated rings. The molecular weight excluding hydrogens is 167 g/mol. The van der Waals surface area contributed by atoms with Gasteiger partial charge >= 0.3 is 0 Å². The van der Waals surface area contributed by atoms with E-state index in [0.717, 1.165) is 12.0 Å². The number of hydrogen-bond donors (Lipinski definition) is 0. The van der Waals surface area contributed by atoms with Crippen LogP contribution in [0, 0.1) is 5.82 Å². The molecule has 13 heavy (non-hydrogen) atoms. The molecule has 0 radical (unpaired) electrons. The van der Waals surface area contributed by atoms with Crippen molar-refractivity contribution in [3.63, 3.8) is 0 Å². The molecule has 1 aliphatic heterocycles. The maximum Gasteiger partial charge on any atom is 0.123 e. The highest BCUT2D eigenvalue weighted by Gasteiger charge is 2.12. The Balaban J connectivity index is 2.15. The van der Waals surface area contributed by atoms with Crippen LogP contribution in [0.3, 0.4) is 0 Å². The van der Waals surface area contributed by atoms with Crippen LogP contribution >= 0.6 is 0 Å². The van der Waals surface area contributed by atoms with Crippen LogP contribution in [0.25, 0.3) is 0 Å². The standard InChI is InChI=1S/C11H11FO/c12-10-6-4-9(5-7-10)11-3-1-2-8-13-11/h1-2,4-7,11H,3,8H2. The first-order chi connectivity index (χ1) is 6.36. The summed E-state index contributed by atoms with van der Waals surface area (Å²) in [6.45, 7) is 0.655. The van der Waals surface area contributed by atoms with Gasteiger partial charge in [-0.1, -0.05) is 24.3 Å². The summed E-state index contributed by atoms with van der Waals surface area (Å²) in [5.41, 5.74) is 1.05. The van der Waals surface area contributed by atoms with Gasteiger partial charge < -0.3 is 4.74 Å². The number of ether oxygens (including phenoxy) is 1. The average Bonchev–Trinajstić information content (AvgIpc) is 2.20. The molecule has 1 heterocycles. The molecule has 0 aliphatic carbocycles. The maximum atomic E-state index is 12.6. The van der Waals surface area contributed by atoms with Crippen LogP contribution in [0.1, 0.15) is 18.1 Å². The normalized spacial score (nSPS) is 21.8. The first kappa shape index (κ1) is 8.45. The van der Waals surface area contributed by atoms with Gasteiger partial charge in [-0.2, -0.15) is 0 Å². The van der Waals surface area contributed by atoms with Crippen molar-refractivity contribution in [2.45, 2.75) is 12.5 Å². The van der Waals surface area contributed by atoms with Crippen LogP contribution in [0.15, 0.2) is 36.4 Å². The third-order valence-corrected chi connectivity index (χ3v) is 2.15. The molecule has 0 N–H and O–H groups in total.